The lowest BCUT2D eigenvalue weighted by Gasteiger charge is -2.21. The molecule has 4 heteroatoms. The van der Waals surface area contributed by atoms with Crippen molar-refractivity contribution in [3.8, 4) is 0 Å². The fourth-order valence-electron chi connectivity index (χ4n) is 2.11. The lowest BCUT2D eigenvalue weighted by atomic mass is 9.77. The number of halogens is 1. The van der Waals surface area contributed by atoms with Crippen molar-refractivity contribution in [3.05, 3.63) is 34.3 Å². The molecule has 0 spiro atoms. The van der Waals surface area contributed by atoms with Gasteiger partial charge in [0.25, 0.3) is 0 Å². The van der Waals surface area contributed by atoms with Crippen LogP contribution in [0.5, 0.6) is 0 Å². The molecule has 1 atom stereocenters. The molecule has 0 N–H and O–H groups in total. The summed E-state index contributed by atoms with van der Waals surface area (Å²) >= 11 is 3.35. The number of carbonyl (C=O) groups excluding carboxylic acids is 2. The van der Waals surface area contributed by atoms with Gasteiger partial charge in [-0.2, -0.15) is 0 Å². The summed E-state index contributed by atoms with van der Waals surface area (Å²) in [5, 5.41) is 0. The first-order chi connectivity index (χ1) is 8.04. The summed E-state index contributed by atoms with van der Waals surface area (Å²) in [5.41, 5.74) is 0.00985. The number of rotatable bonds is 3. The number of hydrogen-bond donors (Lipinski definition) is 0. The predicted molar refractivity (Wildman–Crippen MR) is 66.5 cm³/mol. The number of ether oxygens (including phenoxy) is 1. The first-order valence-electron chi connectivity index (χ1n) is 5.47. The monoisotopic (exact) mass is 296 g/mol. The van der Waals surface area contributed by atoms with Crippen molar-refractivity contribution in [3.63, 3.8) is 0 Å². The minimum atomic E-state index is -0.964. The van der Waals surface area contributed by atoms with Gasteiger partial charge in [-0.05, 0) is 31.0 Å². The van der Waals surface area contributed by atoms with Gasteiger partial charge < -0.3 is 4.74 Å². The molecule has 0 aromatic heterocycles. The van der Waals surface area contributed by atoms with E-state index >= 15 is 0 Å². The second-order valence-corrected chi connectivity index (χ2v) is 5.24. The molecular weight excluding hydrogens is 284 g/mol. The van der Waals surface area contributed by atoms with Crippen LogP contribution >= 0.6 is 15.9 Å². The summed E-state index contributed by atoms with van der Waals surface area (Å²) in [6.07, 6.45) is 0.908. The molecular formula is C13H13BrO3. The van der Waals surface area contributed by atoms with Crippen molar-refractivity contribution in [2.24, 2.45) is 5.41 Å². The molecule has 1 fully saturated rings. The number of carbonyl (C=O) groups is 2. The van der Waals surface area contributed by atoms with Gasteiger partial charge in [-0.1, -0.05) is 28.1 Å². The number of Topliss-reactive ketones (excluding diaryl/α,β-unsaturated/α-hetero) is 1. The lowest BCUT2D eigenvalue weighted by Crippen LogP contribution is -2.36. The summed E-state index contributed by atoms with van der Waals surface area (Å²) in [5.74, 6) is -0.490. The molecule has 0 bridgehead atoms. The Kier molecular flexibility index (Phi) is 3.33. The minimum absolute atomic E-state index is 0.108. The van der Waals surface area contributed by atoms with Crippen molar-refractivity contribution in [2.75, 3.05) is 6.61 Å². The van der Waals surface area contributed by atoms with Crippen LogP contribution in [0.3, 0.4) is 0 Å². The summed E-state index contributed by atoms with van der Waals surface area (Å²) in [7, 11) is 0. The van der Waals surface area contributed by atoms with E-state index in [1.165, 1.54) is 6.92 Å². The number of ketones is 1. The highest BCUT2D eigenvalue weighted by Crippen LogP contribution is 2.35. The first-order valence-corrected chi connectivity index (χ1v) is 6.27. The van der Waals surface area contributed by atoms with Crippen LogP contribution in [0.4, 0.5) is 0 Å². The fourth-order valence-corrected chi connectivity index (χ4v) is 2.38. The van der Waals surface area contributed by atoms with E-state index in [2.05, 4.69) is 15.9 Å². The average molecular weight is 297 g/mol. The van der Waals surface area contributed by atoms with E-state index in [0.29, 0.717) is 19.4 Å². The van der Waals surface area contributed by atoms with Crippen LogP contribution in [0.2, 0.25) is 0 Å². The van der Waals surface area contributed by atoms with E-state index in [-0.39, 0.29) is 11.8 Å². The summed E-state index contributed by atoms with van der Waals surface area (Å²) in [4.78, 5) is 23.5. The fraction of sp³-hybridized carbons (Fsp3) is 0.385. The first kappa shape index (κ1) is 12.3. The molecule has 0 radical (unpaired) electrons. The van der Waals surface area contributed by atoms with Crippen molar-refractivity contribution in [1.82, 2.24) is 0 Å². The zero-order chi connectivity index (χ0) is 12.5. The van der Waals surface area contributed by atoms with E-state index in [0.717, 1.165) is 10.0 Å². The van der Waals surface area contributed by atoms with Crippen LogP contribution in [-0.2, 0) is 20.7 Å². The smallest absolute Gasteiger partial charge is 0.320 e. The maximum absolute atomic E-state index is 11.8. The second kappa shape index (κ2) is 4.61. The van der Waals surface area contributed by atoms with Crippen LogP contribution in [0.15, 0.2) is 28.7 Å². The molecule has 90 valence electrons. The predicted octanol–water partition coefficient (Wildman–Crippen LogP) is 2.51. The van der Waals surface area contributed by atoms with Gasteiger partial charge >= 0.3 is 5.97 Å². The van der Waals surface area contributed by atoms with Gasteiger partial charge in [0.2, 0.25) is 0 Å². The second-order valence-electron chi connectivity index (χ2n) is 4.33. The maximum Gasteiger partial charge on any atom is 0.320 e. The topological polar surface area (TPSA) is 43.4 Å². The molecule has 0 saturated carbocycles. The van der Waals surface area contributed by atoms with Gasteiger partial charge in [-0.15, -0.1) is 0 Å². The number of esters is 1. The number of cyclic esters (lactones) is 1. The molecule has 3 nitrogen and oxygen atoms in total. The van der Waals surface area contributed by atoms with Crippen LogP contribution in [0.25, 0.3) is 0 Å². The van der Waals surface area contributed by atoms with Crippen molar-refractivity contribution < 1.29 is 14.3 Å². The Balaban J connectivity index is 2.28. The quantitative estimate of drug-likeness (QED) is 0.636. The Bertz CT molecular complexity index is 452. The van der Waals surface area contributed by atoms with Gasteiger partial charge in [-0.3, -0.25) is 9.59 Å². The van der Waals surface area contributed by atoms with Crippen LogP contribution < -0.4 is 0 Å². The summed E-state index contributed by atoms with van der Waals surface area (Å²) in [6.45, 7) is 1.81. The lowest BCUT2D eigenvalue weighted by molar-refractivity contribution is -0.150. The summed E-state index contributed by atoms with van der Waals surface area (Å²) < 4.78 is 5.94. The molecule has 0 aliphatic carbocycles. The Morgan fingerprint density at radius 3 is 2.53 bits per heavy atom. The molecule has 1 aromatic rings. The summed E-state index contributed by atoms with van der Waals surface area (Å²) in [6, 6.07) is 7.65. The highest BCUT2D eigenvalue weighted by molar-refractivity contribution is 9.10. The standard InChI is InChI=1S/C13H13BrO3/c1-9(15)13(6-7-17-12(13)16)8-10-2-4-11(14)5-3-10/h2-5H,6-8H2,1H3. The Labute approximate surface area is 108 Å². The minimum Gasteiger partial charge on any atom is -0.465 e. The molecule has 1 saturated heterocycles. The Morgan fingerprint density at radius 2 is 2.06 bits per heavy atom. The highest BCUT2D eigenvalue weighted by atomic mass is 79.9. The molecule has 0 amide bonds. The highest BCUT2D eigenvalue weighted by Gasteiger charge is 2.48. The van der Waals surface area contributed by atoms with Gasteiger partial charge in [0.05, 0.1) is 6.61 Å². The zero-order valence-corrected chi connectivity index (χ0v) is 11.1. The molecule has 1 unspecified atom stereocenters. The third-order valence-corrected chi connectivity index (χ3v) is 3.77. The molecule has 1 heterocycles. The van der Waals surface area contributed by atoms with Crippen LogP contribution in [0, 0.1) is 5.41 Å². The zero-order valence-electron chi connectivity index (χ0n) is 9.53. The van der Waals surface area contributed by atoms with Crippen molar-refractivity contribution in [1.29, 1.82) is 0 Å². The van der Waals surface area contributed by atoms with Gasteiger partial charge in [-0.25, -0.2) is 0 Å². The molecule has 1 aliphatic rings. The van der Waals surface area contributed by atoms with Crippen LogP contribution in [-0.4, -0.2) is 18.4 Å². The van der Waals surface area contributed by atoms with Crippen molar-refractivity contribution in [2.45, 2.75) is 19.8 Å². The van der Waals surface area contributed by atoms with E-state index in [1.807, 2.05) is 24.3 Å². The van der Waals surface area contributed by atoms with Crippen molar-refractivity contribution >= 4 is 27.7 Å². The average Bonchev–Trinajstić information content (AvgIpc) is 2.65. The molecule has 17 heavy (non-hydrogen) atoms. The van der Waals surface area contributed by atoms with E-state index in [9.17, 15) is 9.59 Å². The third-order valence-electron chi connectivity index (χ3n) is 3.25. The van der Waals surface area contributed by atoms with E-state index in [1.54, 1.807) is 0 Å². The van der Waals surface area contributed by atoms with Gasteiger partial charge in [0, 0.05) is 10.9 Å². The largest absolute Gasteiger partial charge is 0.465 e. The molecule has 1 aromatic carbocycles. The maximum atomic E-state index is 11.8. The Morgan fingerprint density at radius 1 is 1.41 bits per heavy atom. The van der Waals surface area contributed by atoms with E-state index in [4.69, 9.17) is 4.74 Å². The number of benzene rings is 1. The number of hydrogen-bond acceptors (Lipinski definition) is 3. The SMILES string of the molecule is CC(=O)C1(Cc2ccc(Br)cc2)CCOC1=O. The van der Waals surface area contributed by atoms with Gasteiger partial charge in [0.15, 0.2) is 0 Å². The normalized spacial score (nSPS) is 23.5. The molecule has 1 aliphatic heterocycles. The molecule has 2 rings (SSSR count). The Hall–Kier alpha value is -1.16. The van der Waals surface area contributed by atoms with Gasteiger partial charge in [0.1, 0.15) is 11.2 Å². The van der Waals surface area contributed by atoms with Crippen LogP contribution in [0.1, 0.15) is 18.9 Å². The van der Waals surface area contributed by atoms with E-state index < -0.39 is 5.41 Å². The third kappa shape index (κ3) is 2.27.